The minimum absolute atomic E-state index is 0.0501. The van der Waals surface area contributed by atoms with E-state index in [9.17, 15) is 13.2 Å². The normalized spacial score (nSPS) is 11.5. The van der Waals surface area contributed by atoms with E-state index in [0.29, 0.717) is 5.69 Å². The van der Waals surface area contributed by atoms with Crippen LogP contribution < -0.4 is 4.74 Å². The van der Waals surface area contributed by atoms with E-state index in [1.54, 1.807) is 0 Å². The number of halogens is 4. The van der Waals surface area contributed by atoms with Gasteiger partial charge in [-0.25, -0.2) is 0 Å². The maximum atomic E-state index is 12.3. The summed E-state index contributed by atoms with van der Waals surface area (Å²) in [5, 5.41) is 0. The summed E-state index contributed by atoms with van der Waals surface area (Å²) < 4.78 is 41.5. The summed E-state index contributed by atoms with van der Waals surface area (Å²) in [7, 11) is 1.17. The maximum Gasteiger partial charge on any atom is 0.421 e. The second kappa shape index (κ2) is 4.04. The van der Waals surface area contributed by atoms with E-state index in [4.69, 9.17) is 11.6 Å². The van der Waals surface area contributed by atoms with Crippen LogP contribution in [0.1, 0.15) is 11.3 Å². The Balaban J connectivity index is 3.18. The number of hydrogen-bond acceptors (Lipinski definition) is 2. The predicted octanol–water partition coefficient (Wildman–Crippen LogP) is 2.85. The van der Waals surface area contributed by atoms with Crippen molar-refractivity contribution in [3.8, 4) is 5.75 Å². The first kappa shape index (κ1) is 11.1. The van der Waals surface area contributed by atoms with Crippen LogP contribution in [0.25, 0.3) is 0 Å². The Hall–Kier alpha value is -0.970. The van der Waals surface area contributed by atoms with Crippen LogP contribution in [-0.2, 0) is 12.1 Å². The van der Waals surface area contributed by atoms with Crippen molar-refractivity contribution in [1.29, 1.82) is 0 Å². The highest BCUT2D eigenvalue weighted by atomic mass is 35.5. The lowest BCUT2D eigenvalue weighted by atomic mass is 10.2. The van der Waals surface area contributed by atoms with Crippen molar-refractivity contribution in [1.82, 2.24) is 4.98 Å². The van der Waals surface area contributed by atoms with Gasteiger partial charge in [0, 0.05) is 12.3 Å². The van der Waals surface area contributed by atoms with Crippen molar-refractivity contribution in [2.45, 2.75) is 12.1 Å². The van der Waals surface area contributed by atoms with Crippen molar-refractivity contribution >= 4 is 11.6 Å². The molecule has 14 heavy (non-hydrogen) atoms. The first-order valence-electron chi connectivity index (χ1n) is 3.65. The molecule has 0 aliphatic rings. The quantitative estimate of drug-likeness (QED) is 0.722. The van der Waals surface area contributed by atoms with E-state index < -0.39 is 11.7 Å². The van der Waals surface area contributed by atoms with E-state index in [-0.39, 0.29) is 11.6 Å². The average molecular weight is 226 g/mol. The monoisotopic (exact) mass is 225 g/mol. The first-order valence-corrected chi connectivity index (χ1v) is 4.18. The standard InChI is InChI=1S/C8H7ClF3NO/c1-14-7-2-5(3-9)13-4-6(7)8(10,11)12/h2,4H,3H2,1H3. The summed E-state index contributed by atoms with van der Waals surface area (Å²) in [6, 6.07) is 1.18. The van der Waals surface area contributed by atoms with Crippen LogP contribution in [0.4, 0.5) is 13.2 Å². The third kappa shape index (κ3) is 2.29. The van der Waals surface area contributed by atoms with Gasteiger partial charge in [-0.15, -0.1) is 11.6 Å². The minimum atomic E-state index is -4.46. The Morgan fingerprint density at radius 2 is 2.14 bits per heavy atom. The molecule has 1 aromatic rings. The van der Waals surface area contributed by atoms with Gasteiger partial charge in [0.15, 0.2) is 0 Å². The summed E-state index contributed by atoms with van der Waals surface area (Å²) in [6.07, 6.45) is -3.74. The molecular formula is C8H7ClF3NO. The minimum Gasteiger partial charge on any atom is -0.496 e. The molecule has 0 bridgehead atoms. The second-order valence-corrected chi connectivity index (χ2v) is 2.77. The molecule has 0 saturated heterocycles. The molecule has 0 unspecified atom stereocenters. The smallest absolute Gasteiger partial charge is 0.421 e. The highest BCUT2D eigenvalue weighted by Crippen LogP contribution is 2.35. The van der Waals surface area contributed by atoms with Crippen LogP contribution in [0.3, 0.4) is 0 Å². The number of rotatable bonds is 2. The van der Waals surface area contributed by atoms with Crippen LogP contribution in [0, 0.1) is 0 Å². The molecule has 1 rings (SSSR count). The molecule has 0 aromatic carbocycles. The lowest BCUT2D eigenvalue weighted by Gasteiger charge is -2.11. The summed E-state index contributed by atoms with van der Waals surface area (Å²) in [4.78, 5) is 3.54. The number of methoxy groups -OCH3 is 1. The molecular weight excluding hydrogens is 219 g/mol. The Bertz CT molecular complexity index is 327. The highest BCUT2D eigenvalue weighted by Gasteiger charge is 2.34. The fraction of sp³-hybridized carbons (Fsp3) is 0.375. The van der Waals surface area contributed by atoms with Gasteiger partial charge in [0.25, 0.3) is 0 Å². The number of ether oxygens (including phenoxy) is 1. The zero-order chi connectivity index (χ0) is 10.8. The van der Waals surface area contributed by atoms with Crippen molar-refractivity contribution in [3.63, 3.8) is 0 Å². The third-order valence-corrected chi connectivity index (χ3v) is 1.86. The molecule has 0 spiro atoms. The fourth-order valence-electron chi connectivity index (χ4n) is 0.932. The fourth-order valence-corrected chi connectivity index (χ4v) is 1.08. The second-order valence-electron chi connectivity index (χ2n) is 2.51. The summed E-state index contributed by atoms with van der Waals surface area (Å²) in [5.74, 6) is -0.211. The summed E-state index contributed by atoms with van der Waals surface area (Å²) >= 11 is 5.42. The van der Waals surface area contributed by atoms with Gasteiger partial charge in [-0.2, -0.15) is 13.2 Å². The number of nitrogens with zero attached hydrogens (tertiary/aromatic N) is 1. The van der Waals surface area contributed by atoms with Gasteiger partial charge in [0.05, 0.1) is 18.7 Å². The Morgan fingerprint density at radius 3 is 2.57 bits per heavy atom. The average Bonchev–Trinajstić information content (AvgIpc) is 2.15. The molecule has 0 atom stereocenters. The molecule has 1 heterocycles. The number of pyridine rings is 1. The molecule has 1 aromatic heterocycles. The molecule has 6 heteroatoms. The van der Waals surface area contributed by atoms with E-state index in [1.165, 1.54) is 13.2 Å². The van der Waals surface area contributed by atoms with E-state index in [2.05, 4.69) is 9.72 Å². The van der Waals surface area contributed by atoms with Gasteiger partial charge >= 0.3 is 6.18 Å². The van der Waals surface area contributed by atoms with Gasteiger partial charge in [-0.05, 0) is 0 Å². The lowest BCUT2D eigenvalue weighted by Crippen LogP contribution is -2.08. The summed E-state index contributed by atoms with van der Waals surface area (Å²) in [6.45, 7) is 0. The Labute approximate surface area is 83.7 Å². The van der Waals surface area contributed by atoms with Crippen molar-refractivity contribution in [2.24, 2.45) is 0 Å². The topological polar surface area (TPSA) is 22.1 Å². The maximum absolute atomic E-state index is 12.3. The molecule has 0 amide bonds. The number of alkyl halides is 4. The molecule has 0 aliphatic heterocycles. The van der Waals surface area contributed by atoms with Crippen molar-refractivity contribution in [3.05, 3.63) is 23.5 Å². The Morgan fingerprint density at radius 1 is 1.50 bits per heavy atom. The van der Waals surface area contributed by atoms with Crippen molar-refractivity contribution < 1.29 is 17.9 Å². The largest absolute Gasteiger partial charge is 0.496 e. The van der Waals surface area contributed by atoms with Gasteiger partial charge in [-0.1, -0.05) is 0 Å². The van der Waals surface area contributed by atoms with Crippen LogP contribution in [0.2, 0.25) is 0 Å². The highest BCUT2D eigenvalue weighted by molar-refractivity contribution is 6.16. The van der Waals surface area contributed by atoms with E-state index >= 15 is 0 Å². The summed E-state index contributed by atoms with van der Waals surface area (Å²) in [5.41, 5.74) is -0.551. The number of hydrogen-bond donors (Lipinski definition) is 0. The molecule has 0 radical (unpaired) electrons. The predicted molar refractivity (Wildman–Crippen MR) is 45.3 cm³/mol. The van der Waals surface area contributed by atoms with E-state index in [1.807, 2.05) is 0 Å². The Kier molecular flexibility index (Phi) is 3.21. The lowest BCUT2D eigenvalue weighted by molar-refractivity contribution is -0.139. The zero-order valence-electron chi connectivity index (χ0n) is 7.23. The third-order valence-electron chi connectivity index (χ3n) is 1.58. The van der Waals surface area contributed by atoms with Gasteiger partial charge < -0.3 is 4.74 Å². The molecule has 0 aliphatic carbocycles. The number of aromatic nitrogens is 1. The van der Waals surface area contributed by atoms with E-state index in [0.717, 1.165) is 6.20 Å². The molecule has 78 valence electrons. The van der Waals surface area contributed by atoms with Crippen molar-refractivity contribution in [2.75, 3.05) is 7.11 Å². The van der Waals surface area contributed by atoms with Gasteiger partial charge in [0.1, 0.15) is 11.3 Å². The van der Waals surface area contributed by atoms with Crippen LogP contribution in [0.5, 0.6) is 5.75 Å². The van der Waals surface area contributed by atoms with Crippen LogP contribution in [-0.4, -0.2) is 12.1 Å². The molecule has 2 nitrogen and oxygen atoms in total. The zero-order valence-corrected chi connectivity index (χ0v) is 7.99. The first-order chi connectivity index (χ1) is 6.49. The molecule has 0 N–H and O–H groups in total. The van der Waals surface area contributed by atoms with Crippen LogP contribution >= 0.6 is 11.6 Å². The van der Waals surface area contributed by atoms with Gasteiger partial charge in [-0.3, -0.25) is 4.98 Å². The molecule has 0 fully saturated rings. The van der Waals surface area contributed by atoms with Crippen LogP contribution in [0.15, 0.2) is 12.3 Å². The van der Waals surface area contributed by atoms with Gasteiger partial charge in [0.2, 0.25) is 0 Å². The molecule has 0 saturated carbocycles. The SMILES string of the molecule is COc1cc(CCl)ncc1C(F)(F)F.